The van der Waals surface area contributed by atoms with Crippen molar-refractivity contribution in [1.29, 1.82) is 10.5 Å². The van der Waals surface area contributed by atoms with Gasteiger partial charge in [-0.05, 0) is 12.1 Å². The maximum Gasteiger partial charge on any atom is 0.129 e. The molecule has 0 saturated heterocycles. The number of benzene rings is 1. The van der Waals surface area contributed by atoms with Crippen LogP contribution >= 0.6 is 0 Å². The van der Waals surface area contributed by atoms with Crippen LogP contribution in [0.1, 0.15) is 16.7 Å². The van der Waals surface area contributed by atoms with Crippen LogP contribution in [-0.4, -0.2) is 8.07 Å². The maximum absolute atomic E-state index is 9.00. The van der Waals surface area contributed by atoms with Gasteiger partial charge in [0, 0.05) is 5.56 Å². The van der Waals surface area contributed by atoms with Gasteiger partial charge in [-0.1, -0.05) is 31.6 Å². The fraction of sp³-hybridized carbons (Fsp3) is 0.231. The Morgan fingerprint density at radius 3 is 2.12 bits per heavy atom. The summed E-state index contributed by atoms with van der Waals surface area (Å²) in [5.41, 5.74) is 4.63. The molecule has 0 atom stereocenters. The van der Waals surface area contributed by atoms with E-state index in [1.165, 1.54) is 0 Å². The van der Waals surface area contributed by atoms with Crippen molar-refractivity contribution < 1.29 is 0 Å². The summed E-state index contributed by atoms with van der Waals surface area (Å²) >= 11 is 0. The van der Waals surface area contributed by atoms with Gasteiger partial charge in [0.2, 0.25) is 0 Å². The van der Waals surface area contributed by atoms with Crippen LogP contribution < -0.4 is 0 Å². The molecular formula is C13H12N2Si. The van der Waals surface area contributed by atoms with Crippen LogP contribution in [-0.2, 0) is 0 Å². The third-order valence-electron chi connectivity index (χ3n) is 1.87. The van der Waals surface area contributed by atoms with E-state index in [1.54, 1.807) is 18.2 Å². The van der Waals surface area contributed by atoms with E-state index in [1.807, 2.05) is 12.1 Å². The Hall–Kier alpha value is -2.02. The summed E-state index contributed by atoms with van der Waals surface area (Å²) in [7, 11) is -1.46. The van der Waals surface area contributed by atoms with E-state index in [-0.39, 0.29) is 0 Å². The average Bonchev–Trinajstić information content (AvgIpc) is 2.24. The SMILES string of the molecule is C[Si](C)(C)C#Cc1cccc(C#N)c1C#N. The minimum atomic E-state index is -1.46. The van der Waals surface area contributed by atoms with Crippen molar-refractivity contribution in [2.75, 3.05) is 0 Å². The Balaban J connectivity index is 3.31. The molecule has 2 nitrogen and oxygen atoms in total. The second-order valence-electron chi connectivity index (χ2n) is 4.45. The van der Waals surface area contributed by atoms with Crippen LogP contribution in [0.5, 0.6) is 0 Å². The Bertz CT molecular complexity index is 543. The third-order valence-corrected chi connectivity index (χ3v) is 2.74. The fourth-order valence-electron chi connectivity index (χ4n) is 1.12. The van der Waals surface area contributed by atoms with Gasteiger partial charge in [0.15, 0.2) is 0 Å². The van der Waals surface area contributed by atoms with Gasteiger partial charge in [0.25, 0.3) is 0 Å². The van der Waals surface area contributed by atoms with Gasteiger partial charge in [-0.15, -0.1) is 5.54 Å². The largest absolute Gasteiger partial charge is 0.192 e. The lowest BCUT2D eigenvalue weighted by atomic mass is 10.0. The van der Waals surface area contributed by atoms with Crippen LogP contribution in [0.3, 0.4) is 0 Å². The molecule has 0 spiro atoms. The number of nitrogens with zero attached hydrogens (tertiary/aromatic N) is 2. The summed E-state index contributed by atoms with van der Waals surface area (Å²) in [6.07, 6.45) is 0. The molecule has 0 N–H and O–H groups in total. The second kappa shape index (κ2) is 4.66. The summed E-state index contributed by atoms with van der Waals surface area (Å²) in [5.74, 6) is 3.02. The van der Waals surface area contributed by atoms with Gasteiger partial charge < -0.3 is 0 Å². The maximum atomic E-state index is 9.00. The molecule has 0 saturated carbocycles. The topological polar surface area (TPSA) is 47.6 Å². The minimum absolute atomic E-state index is 0.385. The van der Waals surface area contributed by atoms with Gasteiger partial charge in [-0.3, -0.25) is 0 Å². The summed E-state index contributed by atoms with van der Waals surface area (Å²) in [5, 5.41) is 17.9. The molecule has 0 aliphatic carbocycles. The van der Waals surface area contributed by atoms with E-state index in [0.717, 1.165) is 0 Å². The lowest BCUT2D eigenvalue weighted by Gasteiger charge is -2.04. The van der Waals surface area contributed by atoms with Crippen molar-refractivity contribution in [2.45, 2.75) is 19.6 Å². The van der Waals surface area contributed by atoms with Crippen LogP contribution in [0.4, 0.5) is 0 Å². The smallest absolute Gasteiger partial charge is 0.129 e. The Labute approximate surface area is 97.2 Å². The van der Waals surface area contributed by atoms with Gasteiger partial charge in [-0.25, -0.2) is 0 Å². The first kappa shape index (κ1) is 12.0. The zero-order chi connectivity index (χ0) is 12.2. The third kappa shape index (κ3) is 2.99. The van der Waals surface area contributed by atoms with Crippen molar-refractivity contribution in [3.63, 3.8) is 0 Å². The molecule has 0 radical (unpaired) electrons. The van der Waals surface area contributed by atoms with Gasteiger partial charge >= 0.3 is 0 Å². The van der Waals surface area contributed by atoms with Crippen molar-refractivity contribution in [3.05, 3.63) is 34.9 Å². The van der Waals surface area contributed by atoms with Crippen molar-refractivity contribution in [1.82, 2.24) is 0 Å². The van der Waals surface area contributed by atoms with E-state index in [2.05, 4.69) is 31.1 Å². The molecule has 1 aromatic rings. The molecule has 0 amide bonds. The lowest BCUT2D eigenvalue weighted by molar-refractivity contribution is 1.42. The van der Waals surface area contributed by atoms with E-state index < -0.39 is 8.07 Å². The van der Waals surface area contributed by atoms with E-state index in [9.17, 15) is 0 Å². The van der Waals surface area contributed by atoms with Crippen molar-refractivity contribution >= 4 is 8.07 Å². The van der Waals surface area contributed by atoms with Crippen LogP contribution in [0.25, 0.3) is 0 Å². The molecular weight excluding hydrogens is 212 g/mol. The molecule has 16 heavy (non-hydrogen) atoms. The Morgan fingerprint density at radius 1 is 1.00 bits per heavy atom. The first-order valence-electron chi connectivity index (χ1n) is 4.94. The lowest BCUT2D eigenvalue weighted by Crippen LogP contribution is -2.16. The minimum Gasteiger partial charge on any atom is -0.192 e. The number of hydrogen-bond donors (Lipinski definition) is 0. The second-order valence-corrected chi connectivity index (χ2v) is 9.20. The molecule has 0 bridgehead atoms. The molecule has 0 aromatic heterocycles. The van der Waals surface area contributed by atoms with E-state index in [0.29, 0.717) is 16.7 Å². The standard InChI is InChI=1S/C13H12N2Si/c1-16(2,3)8-7-11-5-4-6-12(9-14)13(11)10-15/h4-6H,1-3H3. The molecule has 0 unspecified atom stereocenters. The predicted molar refractivity (Wildman–Crippen MR) is 66.1 cm³/mol. The summed E-state index contributed by atoms with van der Waals surface area (Å²) in [6.45, 7) is 6.42. The Kier molecular flexibility index (Phi) is 3.51. The molecule has 0 fully saturated rings. The zero-order valence-electron chi connectivity index (χ0n) is 9.63. The summed E-state index contributed by atoms with van der Waals surface area (Å²) in [6, 6.07) is 9.23. The predicted octanol–water partition coefficient (Wildman–Crippen LogP) is 2.66. The van der Waals surface area contributed by atoms with E-state index in [4.69, 9.17) is 10.5 Å². The average molecular weight is 224 g/mol. The fourth-order valence-corrected chi connectivity index (χ4v) is 1.63. The van der Waals surface area contributed by atoms with Gasteiger partial charge in [0.1, 0.15) is 20.2 Å². The highest BCUT2D eigenvalue weighted by molar-refractivity contribution is 6.83. The van der Waals surface area contributed by atoms with Crippen LogP contribution in [0, 0.1) is 34.1 Å². The van der Waals surface area contributed by atoms with E-state index >= 15 is 0 Å². The van der Waals surface area contributed by atoms with Crippen molar-refractivity contribution in [2.24, 2.45) is 0 Å². The summed E-state index contributed by atoms with van der Waals surface area (Å²) in [4.78, 5) is 0. The first-order chi connectivity index (χ1) is 7.48. The molecule has 3 heteroatoms. The molecule has 0 aliphatic rings. The first-order valence-corrected chi connectivity index (χ1v) is 8.44. The van der Waals surface area contributed by atoms with Gasteiger partial charge in [0.05, 0.1) is 11.1 Å². The normalized spacial score (nSPS) is 9.56. The van der Waals surface area contributed by atoms with Crippen LogP contribution in [0.2, 0.25) is 19.6 Å². The molecule has 78 valence electrons. The number of rotatable bonds is 0. The summed E-state index contributed by atoms with van der Waals surface area (Å²) < 4.78 is 0. The zero-order valence-corrected chi connectivity index (χ0v) is 10.6. The molecule has 1 rings (SSSR count). The highest BCUT2D eigenvalue weighted by Crippen LogP contribution is 2.12. The van der Waals surface area contributed by atoms with Crippen LogP contribution in [0.15, 0.2) is 18.2 Å². The highest BCUT2D eigenvalue weighted by Gasteiger charge is 2.09. The van der Waals surface area contributed by atoms with Gasteiger partial charge in [-0.2, -0.15) is 10.5 Å². The number of nitriles is 2. The molecule has 1 aromatic carbocycles. The number of hydrogen-bond acceptors (Lipinski definition) is 2. The quantitative estimate of drug-likeness (QED) is 0.502. The molecule has 0 heterocycles. The Morgan fingerprint density at radius 2 is 1.62 bits per heavy atom. The molecule has 0 aliphatic heterocycles. The monoisotopic (exact) mass is 224 g/mol. The van der Waals surface area contributed by atoms with Crippen molar-refractivity contribution in [3.8, 4) is 23.6 Å². The highest BCUT2D eigenvalue weighted by atomic mass is 28.3.